The second-order valence-electron chi connectivity index (χ2n) is 7.72. The molecule has 1 N–H and O–H groups in total. The third-order valence-electron chi connectivity index (χ3n) is 3.97. The van der Waals surface area contributed by atoms with Crippen molar-refractivity contribution >= 4 is 5.91 Å². The van der Waals surface area contributed by atoms with Crippen LogP contribution in [0.3, 0.4) is 0 Å². The molecule has 1 heterocycles. The Balaban J connectivity index is 2.81. The quantitative estimate of drug-likeness (QED) is 0.773. The standard InChI is InChI=1S/C17H34N2O/c1-11(2)8-14(7)19-16(10-13(5)6)18-15(17(19)20)9-12(3)4/h11-16,18H,8-10H2,1-7H3. The van der Waals surface area contributed by atoms with Crippen LogP contribution in [0.25, 0.3) is 0 Å². The molecule has 0 aromatic rings. The molecular weight excluding hydrogens is 248 g/mol. The average molecular weight is 282 g/mol. The molecule has 1 aliphatic heterocycles. The zero-order chi connectivity index (χ0) is 15.4. The first-order valence-corrected chi connectivity index (χ1v) is 8.30. The van der Waals surface area contributed by atoms with Crippen LogP contribution in [0.2, 0.25) is 0 Å². The zero-order valence-corrected chi connectivity index (χ0v) is 14.4. The molecule has 0 aliphatic carbocycles. The molecule has 0 bridgehead atoms. The Hall–Kier alpha value is -0.570. The van der Waals surface area contributed by atoms with Crippen molar-refractivity contribution in [2.45, 2.75) is 86.0 Å². The van der Waals surface area contributed by atoms with Gasteiger partial charge in [-0.2, -0.15) is 0 Å². The highest BCUT2D eigenvalue weighted by Crippen LogP contribution is 2.25. The van der Waals surface area contributed by atoms with Gasteiger partial charge < -0.3 is 4.90 Å². The molecule has 0 radical (unpaired) electrons. The smallest absolute Gasteiger partial charge is 0.241 e. The van der Waals surface area contributed by atoms with Crippen LogP contribution in [0.5, 0.6) is 0 Å². The van der Waals surface area contributed by atoms with Crippen LogP contribution >= 0.6 is 0 Å². The van der Waals surface area contributed by atoms with E-state index in [1.807, 2.05) is 0 Å². The minimum atomic E-state index is 0.0216. The first-order chi connectivity index (χ1) is 9.22. The molecule has 0 aromatic heterocycles. The predicted octanol–water partition coefficient (Wildman–Crippen LogP) is 3.64. The minimum absolute atomic E-state index is 0.0216. The molecule has 20 heavy (non-hydrogen) atoms. The van der Waals surface area contributed by atoms with E-state index in [0.717, 1.165) is 19.3 Å². The summed E-state index contributed by atoms with van der Waals surface area (Å²) >= 11 is 0. The second-order valence-corrected chi connectivity index (χ2v) is 7.72. The lowest BCUT2D eigenvalue weighted by Gasteiger charge is -2.32. The number of carbonyl (C=O) groups is 1. The fraction of sp³-hybridized carbons (Fsp3) is 0.941. The lowest BCUT2D eigenvalue weighted by atomic mass is 10.0. The van der Waals surface area contributed by atoms with Crippen LogP contribution in [0.15, 0.2) is 0 Å². The summed E-state index contributed by atoms with van der Waals surface area (Å²) in [5, 5.41) is 3.58. The highest BCUT2D eigenvalue weighted by atomic mass is 16.2. The molecule has 1 rings (SSSR count). The number of nitrogens with zero attached hydrogens (tertiary/aromatic N) is 1. The lowest BCUT2D eigenvalue weighted by molar-refractivity contribution is -0.132. The van der Waals surface area contributed by atoms with Crippen molar-refractivity contribution in [3.8, 4) is 0 Å². The van der Waals surface area contributed by atoms with Crippen molar-refractivity contribution in [3.05, 3.63) is 0 Å². The fourth-order valence-electron chi connectivity index (χ4n) is 3.31. The van der Waals surface area contributed by atoms with Crippen LogP contribution in [-0.2, 0) is 4.79 Å². The molecule has 1 fully saturated rings. The molecule has 0 spiro atoms. The van der Waals surface area contributed by atoms with Gasteiger partial charge in [0.15, 0.2) is 0 Å². The largest absolute Gasteiger partial charge is 0.323 e. The number of hydrogen-bond donors (Lipinski definition) is 1. The van der Waals surface area contributed by atoms with E-state index in [-0.39, 0.29) is 12.2 Å². The zero-order valence-electron chi connectivity index (χ0n) is 14.4. The van der Waals surface area contributed by atoms with Gasteiger partial charge in [0.1, 0.15) is 0 Å². The Kier molecular flexibility index (Phi) is 6.50. The normalized spacial score (nSPS) is 25.3. The Labute approximate surface area is 125 Å². The molecule has 0 saturated carbocycles. The highest BCUT2D eigenvalue weighted by Gasteiger charge is 2.41. The van der Waals surface area contributed by atoms with E-state index in [2.05, 4.69) is 58.7 Å². The molecule has 3 nitrogen and oxygen atoms in total. The monoisotopic (exact) mass is 282 g/mol. The Morgan fingerprint density at radius 1 is 0.950 bits per heavy atom. The van der Waals surface area contributed by atoms with Gasteiger partial charge in [-0.25, -0.2) is 0 Å². The van der Waals surface area contributed by atoms with Crippen LogP contribution in [-0.4, -0.2) is 29.1 Å². The third kappa shape index (κ3) is 4.76. The van der Waals surface area contributed by atoms with Crippen molar-refractivity contribution in [3.63, 3.8) is 0 Å². The molecular formula is C17H34N2O. The summed E-state index contributed by atoms with van der Waals surface area (Å²) in [7, 11) is 0. The highest BCUT2D eigenvalue weighted by molar-refractivity contribution is 5.84. The van der Waals surface area contributed by atoms with Crippen molar-refractivity contribution < 1.29 is 4.79 Å². The summed E-state index contributed by atoms with van der Waals surface area (Å²) in [5.74, 6) is 2.10. The van der Waals surface area contributed by atoms with E-state index < -0.39 is 0 Å². The van der Waals surface area contributed by atoms with Crippen LogP contribution < -0.4 is 5.32 Å². The van der Waals surface area contributed by atoms with Crippen LogP contribution in [0, 0.1) is 17.8 Å². The van der Waals surface area contributed by atoms with Crippen molar-refractivity contribution in [1.29, 1.82) is 0 Å². The summed E-state index contributed by atoms with van der Waals surface area (Å²) < 4.78 is 0. The number of amides is 1. The predicted molar refractivity (Wildman–Crippen MR) is 85.4 cm³/mol. The molecule has 1 saturated heterocycles. The molecule has 1 aliphatic rings. The number of rotatable bonds is 7. The average Bonchev–Trinajstić information content (AvgIpc) is 2.52. The maximum Gasteiger partial charge on any atom is 0.241 e. The van der Waals surface area contributed by atoms with Gasteiger partial charge in [-0.15, -0.1) is 0 Å². The van der Waals surface area contributed by atoms with Gasteiger partial charge in [-0.3, -0.25) is 10.1 Å². The molecule has 3 atom stereocenters. The second kappa shape index (κ2) is 7.44. The van der Waals surface area contributed by atoms with E-state index in [0.29, 0.717) is 29.7 Å². The molecule has 3 heteroatoms. The summed E-state index contributed by atoms with van der Waals surface area (Å²) in [6, 6.07) is 0.351. The summed E-state index contributed by atoms with van der Waals surface area (Å²) in [6.45, 7) is 15.5. The number of carbonyl (C=O) groups excluding carboxylic acids is 1. The van der Waals surface area contributed by atoms with E-state index in [1.165, 1.54) is 0 Å². The van der Waals surface area contributed by atoms with Gasteiger partial charge in [-0.1, -0.05) is 41.5 Å². The summed E-state index contributed by atoms with van der Waals surface area (Å²) in [5.41, 5.74) is 0. The molecule has 1 amide bonds. The first kappa shape index (κ1) is 17.5. The summed E-state index contributed by atoms with van der Waals surface area (Å²) in [6.07, 6.45) is 3.29. The van der Waals surface area contributed by atoms with E-state index in [4.69, 9.17) is 0 Å². The third-order valence-corrected chi connectivity index (χ3v) is 3.97. The van der Waals surface area contributed by atoms with E-state index >= 15 is 0 Å². The maximum atomic E-state index is 12.7. The SMILES string of the molecule is CC(C)CC1NC(CC(C)C)N(C(C)CC(C)C)C1=O. The topological polar surface area (TPSA) is 32.3 Å². The number of hydrogen-bond acceptors (Lipinski definition) is 2. The first-order valence-electron chi connectivity index (χ1n) is 8.30. The minimum Gasteiger partial charge on any atom is -0.323 e. The molecule has 3 unspecified atom stereocenters. The fourth-order valence-corrected chi connectivity index (χ4v) is 3.31. The Morgan fingerprint density at radius 3 is 1.95 bits per heavy atom. The summed E-state index contributed by atoms with van der Waals surface area (Å²) in [4.78, 5) is 14.9. The van der Waals surface area contributed by atoms with Gasteiger partial charge in [-0.05, 0) is 43.9 Å². The van der Waals surface area contributed by atoms with Gasteiger partial charge >= 0.3 is 0 Å². The lowest BCUT2D eigenvalue weighted by Crippen LogP contribution is -2.44. The van der Waals surface area contributed by atoms with Gasteiger partial charge in [0.2, 0.25) is 5.91 Å². The van der Waals surface area contributed by atoms with Crippen molar-refractivity contribution in [2.75, 3.05) is 0 Å². The Morgan fingerprint density at radius 2 is 1.50 bits per heavy atom. The maximum absolute atomic E-state index is 12.7. The van der Waals surface area contributed by atoms with Crippen LogP contribution in [0.4, 0.5) is 0 Å². The van der Waals surface area contributed by atoms with Crippen molar-refractivity contribution in [1.82, 2.24) is 10.2 Å². The van der Waals surface area contributed by atoms with E-state index in [9.17, 15) is 4.79 Å². The van der Waals surface area contributed by atoms with E-state index in [1.54, 1.807) is 0 Å². The molecule has 0 aromatic carbocycles. The van der Waals surface area contributed by atoms with Gasteiger partial charge in [0.25, 0.3) is 0 Å². The van der Waals surface area contributed by atoms with Gasteiger partial charge in [0, 0.05) is 6.04 Å². The van der Waals surface area contributed by atoms with Gasteiger partial charge in [0.05, 0.1) is 12.2 Å². The van der Waals surface area contributed by atoms with Crippen molar-refractivity contribution in [2.24, 2.45) is 17.8 Å². The molecule has 118 valence electrons. The van der Waals surface area contributed by atoms with Crippen LogP contribution in [0.1, 0.15) is 67.7 Å². The Bertz CT molecular complexity index is 312. The number of nitrogens with one attached hydrogen (secondary N) is 1.